The number of fused-ring (bicyclic) bond motifs is 5. The molecule has 0 bridgehead atoms. The van der Waals surface area contributed by atoms with Gasteiger partial charge in [0.15, 0.2) is 0 Å². The lowest BCUT2D eigenvalue weighted by Gasteiger charge is -2.49. The van der Waals surface area contributed by atoms with Crippen LogP contribution in [0.2, 0.25) is 0 Å². The number of halogens is 1. The second-order valence-corrected chi connectivity index (χ2v) is 8.77. The van der Waals surface area contributed by atoms with E-state index >= 15 is 0 Å². The lowest BCUT2D eigenvalue weighted by atomic mass is 9.55. The summed E-state index contributed by atoms with van der Waals surface area (Å²) in [4.78, 5) is 11.5. The highest BCUT2D eigenvalue weighted by molar-refractivity contribution is 9.11. The van der Waals surface area contributed by atoms with Crippen molar-refractivity contribution in [2.45, 2.75) is 44.9 Å². The van der Waals surface area contributed by atoms with Crippen molar-refractivity contribution in [1.29, 1.82) is 5.41 Å². The minimum Gasteiger partial charge on any atom is -0.481 e. The number of carbonyl (C=O) groups excluding carboxylic acids is 1. The first kappa shape index (κ1) is 17.0. The van der Waals surface area contributed by atoms with Gasteiger partial charge in [-0.15, -0.1) is 0 Å². The molecule has 0 heterocycles. The van der Waals surface area contributed by atoms with E-state index in [1.165, 1.54) is 24.0 Å². The van der Waals surface area contributed by atoms with Crippen molar-refractivity contribution in [3.63, 3.8) is 0 Å². The molecule has 1 N–H and O–H groups in total. The van der Waals surface area contributed by atoms with Crippen molar-refractivity contribution in [3.8, 4) is 0 Å². The van der Waals surface area contributed by atoms with E-state index in [1.807, 2.05) is 6.07 Å². The smallest absolute Gasteiger partial charge is 0.212 e. The summed E-state index contributed by atoms with van der Waals surface area (Å²) >= 11 is 3.76. The van der Waals surface area contributed by atoms with Gasteiger partial charge in [-0.05, 0) is 73.1 Å². The number of hydrogen-bond donors (Lipinski definition) is 1. The molecular formula is C21H24BrNO2. The van der Waals surface area contributed by atoms with Crippen LogP contribution in [0.5, 0.6) is 0 Å². The number of allylic oxidation sites excluding steroid dienone is 2. The molecular weight excluding hydrogens is 378 g/mol. The van der Waals surface area contributed by atoms with Gasteiger partial charge in [0, 0.05) is 21.0 Å². The van der Waals surface area contributed by atoms with Crippen molar-refractivity contribution >= 4 is 28.1 Å². The molecule has 3 nitrogen and oxygen atoms in total. The first-order valence-corrected chi connectivity index (χ1v) is 9.89. The minimum absolute atomic E-state index is 0.132. The van der Waals surface area contributed by atoms with Crippen LogP contribution in [0.3, 0.4) is 0 Å². The molecule has 0 aromatic heterocycles. The molecule has 0 spiro atoms. The maximum atomic E-state index is 11.5. The van der Waals surface area contributed by atoms with Crippen LogP contribution in [0.15, 0.2) is 28.3 Å². The Labute approximate surface area is 157 Å². The van der Waals surface area contributed by atoms with Gasteiger partial charge in [0.1, 0.15) is 6.29 Å². The van der Waals surface area contributed by atoms with Gasteiger partial charge >= 0.3 is 0 Å². The van der Waals surface area contributed by atoms with Gasteiger partial charge in [0.25, 0.3) is 0 Å². The van der Waals surface area contributed by atoms with Crippen LogP contribution >= 0.6 is 15.9 Å². The normalized spacial score (nSPS) is 33.3. The van der Waals surface area contributed by atoms with Gasteiger partial charge in [-0.2, -0.15) is 0 Å². The van der Waals surface area contributed by atoms with E-state index in [0.717, 1.165) is 41.2 Å². The fraction of sp³-hybridized carbons (Fsp3) is 0.524. The van der Waals surface area contributed by atoms with Crippen molar-refractivity contribution in [3.05, 3.63) is 44.9 Å². The fourth-order valence-electron chi connectivity index (χ4n) is 5.60. The van der Waals surface area contributed by atoms with Crippen LogP contribution in [0.25, 0.3) is 0 Å². The second kappa shape index (κ2) is 6.08. The fourth-order valence-corrected chi connectivity index (χ4v) is 6.35. The summed E-state index contributed by atoms with van der Waals surface area (Å²) in [5, 5.41) is 7.90. The van der Waals surface area contributed by atoms with Crippen LogP contribution in [0.1, 0.15) is 55.2 Å². The predicted molar refractivity (Wildman–Crippen MR) is 102 cm³/mol. The van der Waals surface area contributed by atoms with E-state index in [2.05, 4.69) is 35.0 Å². The topological polar surface area (TPSA) is 50.1 Å². The minimum atomic E-state index is 0.132. The number of benzene rings is 1. The zero-order valence-electron chi connectivity index (χ0n) is 14.8. The molecule has 3 aliphatic rings. The summed E-state index contributed by atoms with van der Waals surface area (Å²) in [6.07, 6.45) is 6.51. The standard InChI is InChI=1S/C21H24BrNO2/c1-21-8-7-16-15-5-4-13(20(23)25-2)9-12(15)3-6-17(16)18(21)10-14(11-24)19(21)22/h4-5,9,11,16-18,23H,3,6-8,10H2,1-2H3. The Morgan fingerprint density at radius 1 is 1.40 bits per heavy atom. The Bertz CT molecular complexity index is 784. The van der Waals surface area contributed by atoms with Crippen LogP contribution in [-0.4, -0.2) is 19.3 Å². The van der Waals surface area contributed by atoms with E-state index in [9.17, 15) is 4.79 Å². The third-order valence-electron chi connectivity index (χ3n) is 6.95. The third kappa shape index (κ3) is 2.44. The van der Waals surface area contributed by atoms with Gasteiger partial charge in [0.2, 0.25) is 5.90 Å². The number of nitrogens with one attached hydrogen (secondary N) is 1. The highest BCUT2D eigenvalue weighted by atomic mass is 79.9. The van der Waals surface area contributed by atoms with E-state index in [4.69, 9.17) is 10.1 Å². The van der Waals surface area contributed by atoms with Crippen molar-refractivity contribution in [2.24, 2.45) is 17.3 Å². The highest BCUT2D eigenvalue weighted by Crippen LogP contribution is 2.63. The van der Waals surface area contributed by atoms with Gasteiger partial charge in [0.05, 0.1) is 7.11 Å². The van der Waals surface area contributed by atoms with E-state index in [-0.39, 0.29) is 11.3 Å². The maximum absolute atomic E-state index is 11.5. The Kier molecular flexibility index (Phi) is 4.14. The first-order chi connectivity index (χ1) is 12.0. The molecule has 4 unspecified atom stereocenters. The quantitative estimate of drug-likeness (QED) is 0.431. The Balaban J connectivity index is 1.67. The molecule has 0 saturated heterocycles. The summed E-state index contributed by atoms with van der Waals surface area (Å²) in [6.45, 7) is 2.34. The van der Waals surface area contributed by atoms with E-state index in [1.54, 1.807) is 7.11 Å². The average molecular weight is 402 g/mol. The van der Waals surface area contributed by atoms with Gasteiger partial charge in [-0.1, -0.05) is 28.9 Å². The van der Waals surface area contributed by atoms with E-state index in [0.29, 0.717) is 17.8 Å². The highest BCUT2D eigenvalue weighted by Gasteiger charge is 2.53. The molecule has 1 aromatic carbocycles. The molecule has 3 aliphatic carbocycles. The summed E-state index contributed by atoms with van der Waals surface area (Å²) in [5.41, 5.74) is 4.82. The largest absolute Gasteiger partial charge is 0.481 e. The number of hydrogen-bond acceptors (Lipinski definition) is 3. The maximum Gasteiger partial charge on any atom is 0.212 e. The molecule has 0 radical (unpaired) electrons. The molecule has 1 aromatic rings. The summed E-state index contributed by atoms with van der Waals surface area (Å²) < 4.78 is 6.24. The van der Waals surface area contributed by atoms with Crippen molar-refractivity contribution in [1.82, 2.24) is 0 Å². The zero-order chi connectivity index (χ0) is 17.8. The molecule has 132 valence electrons. The molecule has 1 saturated carbocycles. The summed E-state index contributed by atoms with van der Waals surface area (Å²) in [5.74, 6) is 2.02. The molecule has 4 rings (SSSR count). The molecule has 0 amide bonds. The molecule has 4 atom stereocenters. The summed E-state index contributed by atoms with van der Waals surface area (Å²) in [6, 6.07) is 6.39. The van der Waals surface area contributed by atoms with Gasteiger partial charge < -0.3 is 4.74 Å². The Morgan fingerprint density at radius 2 is 2.20 bits per heavy atom. The molecule has 4 heteroatoms. The SMILES string of the molecule is COC(=N)c1ccc2c(c1)CCC1C2CCC2(C)C(Br)=C(C=O)CC12. The number of aldehydes is 1. The monoisotopic (exact) mass is 401 g/mol. The van der Waals surface area contributed by atoms with Crippen LogP contribution < -0.4 is 0 Å². The number of carbonyl (C=O) groups is 1. The van der Waals surface area contributed by atoms with Crippen LogP contribution in [-0.2, 0) is 16.0 Å². The van der Waals surface area contributed by atoms with Crippen LogP contribution in [0, 0.1) is 22.7 Å². The second-order valence-electron chi connectivity index (χ2n) is 7.98. The number of ether oxygens (including phenoxy) is 1. The van der Waals surface area contributed by atoms with Gasteiger partial charge in [-0.25, -0.2) is 0 Å². The lowest BCUT2D eigenvalue weighted by Crippen LogP contribution is -2.40. The lowest BCUT2D eigenvalue weighted by molar-refractivity contribution is -0.105. The van der Waals surface area contributed by atoms with Gasteiger partial charge in [-0.3, -0.25) is 10.2 Å². The third-order valence-corrected chi connectivity index (χ3v) is 8.36. The first-order valence-electron chi connectivity index (χ1n) is 9.09. The van der Waals surface area contributed by atoms with Crippen molar-refractivity contribution < 1.29 is 9.53 Å². The van der Waals surface area contributed by atoms with Crippen LogP contribution in [0.4, 0.5) is 0 Å². The number of methoxy groups -OCH3 is 1. The van der Waals surface area contributed by atoms with E-state index < -0.39 is 0 Å². The molecule has 1 fully saturated rings. The number of rotatable bonds is 2. The number of aryl methyl sites for hydroxylation is 1. The average Bonchev–Trinajstić information content (AvgIpc) is 2.91. The zero-order valence-corrected chi connectivity index (χ0v) is 16.4. The van der Waals surface area contributed by atoms with Crippen molar-refractivity contribution in [2.75, 3.05) is 7.11 Å². The molecule has 0 aliphatic heterocycles. The molecule has 25 heavy (non-hydrogen) atoms. The summed E-state index contributed by atoms with van der Waals surface area (Å²) in [7, 11) is 1.55. The Morgan fingerprint density at radius 3 is 2.92 bits per heavy atom. The predicted octanol–water partition coefficient (Wildman–Crippen LogP) is 4.97. The Hall–Kier alpha value is -1.42.